The van der Waals surface area contributed by atoms with Gasteiger partial charge < -0.3 is 0 Å². The highest BCUT2D eigenvalue weighted by Crippen LogP contribution is 2.27. The van der Waals surface area contributed by atoms with Crippen molar-refractivity contribution in [3.8, 4) is 11.3 Å². The molecule has 0 bridgehead atoms. The van der Waals surface area contributed by atoms with Gasteiger partial charge >= 0.3 is 0 Å². The minimum Gasteiger partial charge on any atom is -0.297 e. The molecular formula is C14H8ClFN2OS2. The minimum absolute atomic E-state index is 0.244. The fourth-order valence-electron chi connectivity index (χ4n) is 1.68. The van der Waals surface area contributed by atoms with Crippen molar-refractivity contribution in [3.05, 3.63) is 56.8 Å². The van der Waals surface area contributed by atoms with Crippen LogP contribution in [0.5, 0.6) is 0 Å². The number of halogens is 2. The summed E-state index contributed by atoms with van der Waals surface area (Å²) in [6.45, 7) is 0. The zero-order valence-electron chi connectivity index (χ0n) is 10.5. The van der Waals surface area contributed by atoms with E-state index in [1.165, 1.54) is 34.8 Å². The molecule has 0 aliphatic rings. The Balaban J connectivity index is 1.76. The maximum Gasteiger partial charge on any atom is 0.267 e. The fourth-order valence-corrected chi connectivity index (χ4v) is 3.33. The monoisotopic (exact) mass is 338 g/mol. The van der Waals surface area contributed by atoms with Crippen LogP contribution >= 0.6 is 34.3 Å². The zero-order chi connectivity index (χ0) is 14.8. The van der Waals surface area contributed by atoms with Crippen molar-refractivity contribution in [1.82, 2.24) is 4.98 Å². The summed E-state index contributed by atoms with van der Waals surface area (Å²) >= 11 is 8.32. The number of hydrogen-bond acceptors (Lipinski definition) is 4. The van der Waals surface area contributed by atoms with Gasteiger partial charge in [-0.2, -0.15) is 0 Å². The number of thiazole rings is 1. The normalized spacial score (nSPS) is 10.6. The van der Waals surface area contributed by atoms with Crippen molar-refractivity contribution in [2.75, 3.05) is 5.32 Å². The summed E-state index contributed by atoms with van der Waals surface area (Å²) in [6.07, 6.45) is 0. The lowest BCUT2D eigenvalue weighted by molar-refractivity contribution is 0.103. The largest absolute Gasteiger partial charge is 0.297 e. The molecule has 0 aliphatic carbocycles. The highest BCUT2D eigenvalue weighted by molar-refractivity contribution is 7.18. The quantitative estimate of drug-likeness (QED) is 0.736. The molecule has 0 saturated carbocycles. The number of benzene rings is 1. The fraction of sp³-hybridized carbons (Fsp3) is 0. The van der Waals surface area contributed by atoms with Crippen LogP contribution < -0.4 is 5.32 Å². The van der Waals surface area contributed by atoms with Crippen LogP contribution in [0.2, 0.25) is 4.34 Å². The number of nitrogens with zero attached hydrogens (tertiary/aromatic N) is 1. The van der Waals surface area contributed by atoms with E-state index in [1.807, 2.05) is 5.38 Å². The van der Waals surface area contributed by atoms with E-state index >= 15 is 0 Å². The Morgan fingerprint density at radius 1 is 1.19 bits per heavy atom. The summed E-state index contributed by atoms with van der Waals surface area (Å²) < 4.78 is 13.4. The van der Waals surface area contributed by atoms with E-state index in [0.717, 1.165) is 5.56 Å². The summed E-state index contributed by atoms with van der Waals surface area (Å²) in [4.78, 5) is 16.8. The summed E-state index contributed by atoms with van der Waals surface area (Å²) in [5, 5.41) is 5.02. The van der Waals surface area contributed by atoms with Crippen LogP contribution in [0, 0.1) is 5.82 Å². The number of thiophene rings is 1. The smallest absolute Gasteiger partial charge is 0.267 e. The van der Waals surface area contributed by atoms with E-state index < -0.39 is 0 Å². The molecule has 106 valence electrons. The van der Waals surface area contributed by atoms with Gasteiger partial charge in [0.2, 0.25) is 0 Å². The maximum atomic E-state index is 12.9. The predicted octanol–water partition coefficient (Wildman–Crippen LogP) is 4.92. The van der Waals surface area contributed by atoms with E-state index in [1.54, 1.807) is 24.3 Å². The van der Waals surface area contributed by atoms with Crippen molar-refractivity contribution in [3.63, 3.8) is 0 Å². The van der Waals surface area contributed by atoms with Gasteiger partial charge in [-0.15, -0.1) is 22.7 Å². The number of nitrogens with one attached hydrogen (secondary N) is 1. The summed E-state index contributed by atoms with van der Waals surface area (Å²) in [5.74, 6) is -0.538. The van der Waals surface area contributed by atoms with E-state index in [4.69, 9.17) is 11.6 Å². The number of hydrogen-bond donors (Lipinski definition) is 1. The highest BCUT2D eigenvalue weighted by Gasteiger charge is 2.12. The summed E-state index contributed by atoms with van der Waals surface area (Å²) in [7, 11) is 0. The molecule has 0 spiro atoms. The Labute approximate surface area is 133 Å². The Hall–Kier alpha value is -1.76. The molecule has 0 aliphatic heterocycles. The van der Waals surface area contributed by atoms with Crippen molar-refractivity contribution in [2.24, 2.45) is 0 Å². The van der Waals surface area contributed by atoms with Crippen LogP contribution in [0.4, 0.5) is 9.52 Å². The van der Waals surface area contributed by atoms with Crippen molar-refractivity contribution in [2.45, 2.75) is 0 Å². The summed E-state index contributed by atoms with van der Waals surface area (Å²) in [6, 6.07) is 9.38. The molecule has 3 rings (SSSR count). The first-order valence-electron chi connectivity index (χ1n) is 5.90. The number of carbonyl (C=O) groups excluding carboxylic acids is 1. The van der Waals surface area contributed by atoms with Crippen molar-refractivity contribution < 1.29 is 9.18 Å². The van der Waals surface area contributed by atoms with Crippen molar-refractivity contribution in [1.29, 1.82) is 0 Å². The third kappa shape index (κ3) is 3.29. The molecule has 7 heteroatoms. The van der Waals surface area contributed by atoms with Gasteiger partial charge in [0.1, 0.15) is 5.82 Å². The van der Waals surface area contributed by atoms with Crippen LogP contribution in [0.25, 0.3) is 11.3 Å². The Morgan fingerprint density at radius 2 is 1.95 bits per heavy atom. The minimum atomic E-state index is -0.294. The van der Waals surface area contributed by atoms with Gasteiger partial charge in [0, 0.05) is 10.9 Å². The van der Waals surface area contributed by atoms with Crippen LogP contribution in [-0.2, 0) is 0 Å². The first-order valence-corrected chi connectivity index (χ1v) is 7.97. The average molecular weight is 339 g/mol. The topological polar surface area (TPSA) is 42.0 Å². The van der Waals surface area contributed by atoms with Crippen LogP contribution in [-0.4, -0.2) is 10.9 Å². The van der Waals surface area contributed by atoms with Crippen LogP contribution in [0.3, 0.4) is 0 Å². The Bertz CT molecular complexity index is 782. The second-order valence-electron chi connectivity index (χ2n) is 4.10. The second-order valence-corrected chi connectivity index (χ2v) is 6.68. The molecular weight excluding hydrogens is 331 g/mol. The standard InChI is InChI=1S/C14H8ClFN2OS2/c15-12-6-5-11(21-12)13(19)18-14-17-10(7-20-14)8-1-3-9(16)4-2-8/h1-7H,(H,17,18,19). The van der Waals surface area contributed by atoms with E-state index in [-0.39, 0.29) is 11.7 Å². The van der Waals surface area contributed by atoms with Gasteiger partial charge in [-0.1, -0.05) is 11.6 Å². The predicted molar refractivity (Wildman–Crippen MR) is 84.8 cm³/mol. The first-order chi connectivity index (χ1) is 10.1. The molecule has 21 heavy (non-hydrogen) atoms. The van der Waals surface area contributed by atoms with Gasteiger partial charge in [0.15, 0.2) is 5.13 Å². The van der Waals surface area contributed by atoms with Crippen LogP contribution in [0.1, 0.15) is 9.67 Å². The Kier molecular flexibility index (Phi) is 4.01. The zero-order valence-corrected chi connectivity index (χ0v) is 12.9. The van der Waals surface area contributed by atoms with Gasteiger partial charge in [-0.25, -0.2) is 9.37 Å². The molecule has 2 heterocycles. The van der Waals surface area contributed by atoms with Gasteiger partial charge in [-0.05, 0) is 36.4 Å². The molecule has 2 aromatic heterocycles. The average Bonchev–Trinajstić information content (AvgIpc) is 3.09. The van der Waals surface area contributed by atoms with Gasteiger partial charge in [0.25, 0.3) is 5.91 Å². The second kappa shape index (κ2) is 5.93. The third-order valence-corrected chi connectivity index (χ3v) is 4.65. The number of rotatable bonds is 3. The third-order valence-electron chi connectivity index (χ3n) is 2.66. The number of anilines is 1. The molecule has 3 aromatic rings. The molecule has 0 atom stereocenters. The van der Waals surface area contributed by atoms with Gasteiger partial charge in [-0.3, -0.25) is 10.1 Å². The van der Waals surface area contributed by atoms with Gasteiger partial charge in [0.05, 0.1) is 14.9 Å². The number of carbonyl (C=O) groups is 1. The molecule has 0 saturated heterocycles. The number of amides is 1. The molecule has 1 aromatic carbocycles. The van der Waals surface area contributed by atoms with E-state index in [0.29, 0.717) is 20.0 Å². The lowest BCUT2D eigenvalue weighted by Crippen LogP contribution is -2.09. The summed E-state index contributed by atoms with van der Waals surface area (Å²) in [5.41, 5.74) is 1.49. The highest BCUT2D eigenvalue weighted by atomic mass is 35.5. The molecule has 1 N–H and O–H groups in total. The SMILES string of the molecule is O=C(Nc1nc(-c2ccc(F)cc2)cs1)c1ccc(Cl)s1. The van der Waals surface area contributed by atoms with E-state index in [9.17, 15) is 9.18 Å². The Morgan fingerprint density at radius 3 is 2.62 bits per heavy atom. The first kappa shape index (κ1) is 14.2. The molecule has 0 radical (unpaired) electrons. The number of aromatic nitrogens is 1. The molecule has 0 fully saturated rings. The maximum absolute atomic E-state index is 12.9. The van der Waals surface area contributed by atoms with Crippen LogP contribution in [0.15, 0.2) is 41.8 Å². The molecule has 0 unspecified atom stereocenters. The van der Waals surface area contributed by atoms with E-state index in [2.05, 4.69) is 10.3 Å². The van der Waals surface area contributed by atoms with Crippen molar-refractivity contribution >= 4 is 45.3 Å². The molecule has 1 amide bonds. The lowest BCUT2D eigenvalue weighted by atomic mass is 10.2. The lowest BCUT2D eigenvalue weighted by Gasteiger charge is -1.98. The molecule has 3 nitrogen and oxygen atoms in total.